The fourth-order valence-electron chi connectivity index (χ4n) is 2.34. The second-order valence-corrected chi connectivity index (χ2v) is 6.07. The van der Waals surface area contributed by atoms with Crippen molar-refractivity contribution < 1.29 is 9.53 Å². The molecule has 22 heavy (non-hydrogen) atoms. The van der Waals surface area contributed by atoms with Crippen molar-refractivity contribution in [2.75, 3.05) is 19.8 Å². The lowest BCUT2D eigenvalue weighted by atomic mass is 10.2. The van der Waals surface area contributed by atoms with Crippen LogP contribution in [0.4, 0.5) is 0 Å². The zero-order chi connectivity index (χ0) is 15.2. The van der Waals surface area contributed by atoms with Crippen LogP contribution >= 0.6 is 11.3 Å². The predicted molar refractivity (Wildman–Crippen MR) is 86.6 cm³/mol. The first-order chi connectivity index (χ1) is 10.8. The zero-order valence-corrected chi connectivity index (χ0v) is 13.1. The SMILES string of the molecule is O=C(CC1COCCN1)NCc1csc(-c2ccccc2)n1. The summed E-state index contributed by atoms with van der Waals surface area (Å²) in [5.74, 6) is 0.0252. The van der Waals surface area contributed by atoms with Gasteiger partial charge >= 0.3 is 0 Å². The van der Waals surface area contributed by atoms with Crippen LogP contribution in [0.2, 0.25) is 0 Å². The molecule has 1 aromatic heterocycles. The van der Waals surface area contributed by atoms with Crippen molar-refractivity contribution in [2.45, 2.75) is 19.0 Å². The van der Waals surface area contributed by atoms with Crippen molar-refractivity contribution in [1.82, 2.24) is 15.6 Å². The Labute approximate surface area is 133 Å². The van der Waals surface area contributed by atoms with Crippen LogP contribution in [0.25, 0.3) is 10.6 Å². The summed E-state index contributed by atoms with van der Waals surface area (Å²) < 4.78 is 5.34. The predicted octanol–water partition coefficient (Wildman–Crippen LogP) is 1.80. The van der Waals surface area contributed by atoms with Crippen LogP contribution in [0.1, 0.15) is 12.1 Å². The number of morpholine rings is 1. The third-order valence-electron chi connectivity index (χ3n) is 3.47. The van der Waals surface area contributed by atoms with Crippen LogP contribution in [0.3, 0.4) is 0 Å². The minimum atomic E-state index is 0.0252. The van der Waals surface area contributed by atoms with Crippen molar-refractivity contribution in [3.8, 4) is 10.6 Å². The van der Waals surface area contributed by atoms with E-state index < -0.39 is 0 Å². The molecule has 0 saturated carbocycles. The molecule has 3 rings (SSSR count). The molecule has 1 fully saturated rings. The maximum atomic E-state index is 11.9. The molecule has 6 heteroatoms. The van der Waals surface area contributed by atoms with Gasteiger partial charge in [-0.1, -0.05) is 30.3 Å². The molecule has 2 N–H and O–H groups in total. The second kappa shape index (κ2) is 7.49. The summed E-state index contributed by atoms with van der Waals surface area (Å²) in [5.41, 5.74) is 2.00. The number of nitrogens with zero attached hydrogens (tertiary/aromatic N) is 1. The number of hydrogen-bond acceptors (Lipinski definition) is 5. The Morgan fingerprint density at radius 2 is 2.27 bits per heavy atom. The van der Waals surface area contributed by atoms with Gasteiger partial charge in [-0.2, -0.15) is 0 Å². The van der Waals surface area contributed by atoms with E-state index in [4.69, 9.17) is 4.74 Å². The highest BCUT2D eigenvalue weighted by Gasteiger charge is 2.16. The monoisotopic (exact) mass is 317 g/mol. The minimum absolute atomic E-state index is 0.0252. The lowest BCUT2D eigenvalue weighted by molar-refractivity contribution is -0.122. The molecule has 0 radical (unpaired) electrons. The fourth-order valence-corrected chi connectivity index (χ4v) is 3.16. The standard InChI is InChI=1S/C16H19N3O2S/c20-15(8-13-10-21-7-6-17-13)18-9-14-11-22-16(19-14)12-4-2-1-3-5-12/h1-5,11,13,17H,6-10H2,(H,18,20). The summed E-state index contributed by atoms with van der Waals surface area (Å²) in [6, 6.07) is 10.2. The topological polar surface area (TPSA) is 63.2 Å². The Kier molecular flexibility index (Phi) is 5.15. The Morgan fingerprint density at radius 1 is 1.41 bits per heavy atom. The smallest absolute Gasteiger partial charge is 0.221 e. The van der Waals surface area contributed by atoms with E-state index in [1.807, 2.05) is 35.7 Å². The zero-order valence-electron chi connectivity index (χ0n) is 12.2. The average molecular weight is 317 g/mol. The Bertz CT molecular complexity index is 609. The number of carbonyl (C=O) groups is 1. The number of nitrogens with one attached hydrogen (secondary N) is 2. The van der Waals surface area contributed by atoms with E-state index in [0.29, 0.717) is 19.6 Å². The molecule has 1 atom stereocenters. The summed E-state index contributed by atoms with van der Waals surface area (Å²) in [6.45, 7) is 2.60. The molecule has 1 saturated heterocycles. The van der Waals surface area contributed by atoms with Gasteiger partial charge in [0, 0.05) is 30.0 Å². The number of amides is 1. The summed E-state index contributed by atoms with van der Waals surface area (Å²) >= 11 is 1.60. The van der Waals surface area contributed by atoms with E-state index in [2.05, 4.69) is 15.6 Å². The average Bonchev–Trinajstić information content (AvgIpc) is 3.04. The van der Waals surface area contributed by atoms with Crippen LogP contribution < -0.4 is 10.6 Å². The van der Waals surface area contributed by atoms with Gasteiger partial charge in [0.05, 0.1) is 25.5 Å². The van der Waals surface area contributed by atoms with Crippen molar-refractivity contribution in [3.05, 3.63) is 41.4 Å². The van der Waals surface area contributed by atoms with E-state index >= 15 is 0 Å². The van der Waals surface area contributed by atoms with Gasteiger partial charge in [0.25, 0.3) is 0 Å². The Hall–Kier alpha value is -1.76. The maximum Gasteiger partial charge on any atom is 0.221 e. The third kappa shape index (κ3) is 4.13. The highest BCUT2D eigenvalue weighted by atomic mass is 32.1. The molecule has 0 bridgehead atoms. The van der Waals surface area contributed by atoms with Gasteiger partial charge in [0.1, 0.15) is 5.01 Å². The molecule has 2 heterocycles. The van der Waals surface area contributed by atoms with Gasteiger partial charge in [0.15, 0.2) is 0 Å². The minimum Gasteiger partial charge on any atom is -0.378 e. The molecule has 1 amide bonds. The molecule has 1 aliphatic rings. The van der Waals surface area contributed by atoms with Gasteiger partial charge in [-0.15, -0.1) is 11.3 Å². The third-order valence-corrected chi connectivity index (χ3v) is 4.41. The molecular weight excluding hydrogens is 298 g/mol. The molecule has 0 aliphatic carbocycles. The van der Waals surface area contributed by atoms with Crippen molar-refractivity contribution in [2.24, 2.45) is 0 Å². The maximum absolute atomic E-state index is 11.9. The Balaban J connectivity index is 1.49. The van der Waals surface area contributed by atoms with E-state index in [9.17, 15) is 4.79 Å². The number of thiazole rings is 1. The number of aromatic nitrogens is 1. The molecule has 1 aromatic carbocycles. The number of hydrogen-bond donors (Lipinski definition) is 2. The summed E-state index contributed by atoms with van der Waals surface area (Å²) in [5, 5.41) is 9.16. The first-order valence-electron chi connectivity index (χ1n) is 7.39. The van der Waals surface area contributed by atoms with Crippen molar-refractivity contribution in [3.63, 3.8) is 0 Å². The number of rotatable bonds is 5. The second-order valence-electron chi connectivity index (χ2n) is 5.22. The van der Waals surface area contributed by atoms with Gasteiger partial charge in [-0.3, -0.25) is 4.79 Å². The summed E-state index contributed by atoms with van der Waals surface area (Å²) in [4.78, 5) is 16.5. The molecule has 116 valence electrons. The number of benzene rings is 1. The summed E-state index contributed by atoms with van der Waals surface area (Å²) in [7, 11) is 0. The Morgan fingerprint density at radius 3 is 3.05 bits per heavy atom. The quantitative estimate of drug-likeness (QED) is 0.883. The molecule has 2 aromatic rings. The van der Waals surface area contributed by atoms with E-state index in [1.165, 1.54) is 0 Å². The van der Waals surface area contributed by atoms with Crippen LogP contribution in [-0.4, -0.2) is 36.7 Å². The van der Waals surface area contributed by atoms with E-state index in [0.717, 1.165) is 29.4 Å². The van der Waals surface area contributed by atoms with Crippen LogP contribution in [0.5, 0.6) is 0 Å². The van der Waals surface area contributed by atoms with Gasteiger partial charge in [-0.05, 0) is 0 Å². The number of ether oxygens (including phenoxy) is 1. The van der Waals surface area contributed by atoms with Crippen molar-refractivity contribution in [1.29, 1.82) is 0 Å². The first kappa shape index (κ1) is 15.1. The van der Waals surface area contributed by atoms with E-state index in [-0.39, 0.29) is 11.9 Å². The highest BCUT2D eigenvalue weighted by Crippen LogP contribution is 2.23. The van der Waals surface area contributed by atoms with Crippen LogP contribution in [-0.2, 0) is 16.1 Å². The first-order valence-corrected chi connectivity index (χ1v) is 8.27. The van der Waals surface area contributed by atoms with Crippen LogP contribution in [0, 0.1) is 0 Å². The molecule has 5 nitrogen and oxygen atoms in total. The molecule has 1 aliphatic heterocycles. The lowest BCUT2D eigenvalue weighted by Crippen LogP contribution is -2.44. The normalized spacial score (nSPS) is 18.1. The van der Waals surface area contributed by atoms with Crippen LogP contribution in [0.15, 0.2) is 35.7 Å². The summed E-state index contributed by atoms with van der Waals surface area (Å²) in [6.07, 6.45) is 0.440. The molecule has 0 spiro atoms. The highest BCUT2D eigenvalue weighted by molar-refractivity contribution is 7.13. The molecular formula is C16H19N3O2S. The lowest BCUT2D eigenvalue weighted by Gasteiger charge is -2.23. The van der Waals surface area contributed by atoms with E-state index in [1.54, 1.807) is 11.3 Å². The van der Waals surface area contributed by atoms with Gasteiger partial charge in [-0.25, -0.2) is 4.98 Å². The van der Waals surface area contributed by atoms with Gasteiger partial charge < -0.3 is 15.4 Å². The van der Waals surface area contributed by atoms with Gasteiger partial charge in [0.2, 0.25) is 5.91 Å². The van der Waals surface area contributed by atoms with Crippen molar-refractivity contribution >= 4 is 17.2 Å². The largest absolute Gasteiger partial charge is 0.378 e. The molecule has 1 unspecified atom stereocenters. The number of carbonyl (C=O) groups excluding carboxylic acids is 1. The fraction of sp³-hybridized carbons (Fsp3) is 0.375.